The summed E-state index contributed by atoms with van der Waals surface area (Å²) in [5, 5.41) is 2.85. The predicted octanol–water partition coefficient (Wildman–Crippen LogP) is 3.53. The third-order valence-corrected chi connectivity index (χ3v) is 3.95. The van der Waals surface area contributed by atoms with Crippen molar-refractivity contribution in [3.05, 3.63) is 41.5 Å². The smallest absolute Gasteiger partial charge is 0.307 e. The van der Waals surface area contributed by atoms with Gasteiger partial charge in [-0.3, -0.25) is 9.59 Å². The van der Waals surface area contributed by atoms with E-state index in [1.54, 1.807) is 6.92 Å². The highest BCUT2D eigenvalue weighted by atomic mass is 16.5. The topological polar surface area (TPSA) is 55.4 Å². The molecule has 1 aliphatic carbocycles. The average molecular weight is 301 g/mol. The summed E-state index contributed by atoms with van der Waals surface area (Å²) in [6, 6.07) is 5.82. The zero-order chi connectivity index (χ0) is 16.1. The van der Waals surface area contributed by atoms with Crippen LogP contribution in [0, 0.1) is 19.8 Å². The van der Waals surface area contributed by atoms with Crippen LogP contribution in [0.2, 0.25) is 0 Å². The number of ether oxygens (including phenoxy) is 1. The Labute approximate surface area is 131 Å². The van der Waals surface area contributed by atoms with Gasteiger partial charge in [-0.15, -0.1) is 0 Å². The number of hydrogen-bond donors (Lipinski definition) is 1. The minimum Gasteiger partial charge on any atom is -0.453 e. The molecule has 0 saturated heterocycles. The number of allylic oxidation sites excluding steroid dienone is 2. The average Bonchev–Trinajstić information content (AvgIpc) is 2.95. The van der Waals surface area contributed by atoms with Crippen molar-refractivity contribution in [2.24, 2.45) is 5.92 Å². The zero-order valence-electron chi connectivity index (χ0n) is 13.4. The molecule has 0 aliphatic heterocycles. The molecule has 0 aromatic heterocycles. The van der Waals surface area contributed by atoms with E-state index in [0.29, 0.717) is 6.42 Å². The van der Waals surface area contributed by atoms with E-state index in [2.05, 4.69) is 11.4 Å². The summed E-state index contributed by atoms with van der Waals surface area (Å²) in [6.07, 6.45) is 5.67. The van der Waals surface area contributed by atoms with Crippen LogP contribution >= 0.6 is 0 Å². The van der Waals surface area contributed by atoms with Crippen LogP contribution in [0.3, 0.4) is 0 Å². The molecule has 1 amide bonds. The van der Waals surface area contributed by atoms with E-state index in [4.69, 9.17) is 4.74 Å². The van der Waals surface area contributed by atoms with Gasteiger partial charge in [0.2, 0.25) is 0 Å². The Balaban J connectivity index is 1.89. The molecular formula is C18H23NO3. The largest absolute Gasteiger partial charge is 0.453 e. The minimum absolute atomic E-state index is 0.251. The molecule has 4 nitrogen and oxygen atoms in total. The first-order chi connectivity index (χ1) is 10.5. The number of hydrogen-bond acceptors (Lipinski definition) is 3. The first kappa shape index (κ1) is 16.3. The van der Waals surface area contributed by atoms with Crippen LogP contribution in [0.4, 0.5) is 5.69 Å². The third kappa shape index (κ3) is 4.20. The molecule has 0 spiro atoms. The van der Waals surface area contributed by atoms with Gasteiger partial charge < -0.3 is 10.1 Å². The number of carbonyl (C=O) groups excluding carboxylic acids is 2. The molecule has 1 aliphatic rings. The number of benzene rings is 1. The van der Waals surface area contributed by atoms with Gasteiger partial charge in [0, 0.05) is 5.69 Å². The first-order valence-corrected chi connectivity index (χ1v) is 7.70. The highest BCUT2D eigenvalue weighted by Crippen LogP contribution is 2.22. The van der Waals surface area contributed by atoms with Crippen LogP contribution in [-0.4, -0.2) is 18.0 Å². The van der Waals surface area contributed by atoms with Gasteiger partial charge in [-0.05, 0) is 50.7 Å². The number of aryl methyl sites for hydroxylation is 2. The number of rotatable bonds is 5. The van der Waals surface area contributed by atoms with Crippen LogP contribution in [0.15, 0.2) is 30.4 Å². The maximum atomic E-state index is 12.2. The van der Waals surface area contributed by atoms with Crippen molar-refractivity contribution in [2.75, 3.05) is 5.32 Å². The maximum absolute atomic E-state index is 12.2. The summed E-state index contributed by atoms with van der Waals surface area (Å²) >= 11 is 0. The molecule has 2 atom stereocenters. The lowest BCUT2D eigenvalue weighted by Crippen LogP contribution is -2.30. The Morgan fingerprint density at radius 2 is 2.00 bits per heavy atom. The highest BCUT2D eigenvalue weighted by molar-refractivity contribution is 5.96. The number of nitrogens with one attached hydrogen (secondary N) is 1. The van der Waals surface area contributed by atoms with E-state index in [-0.39, 0.29) is 17.8 Å². The lowest BCUT2D eigenvalue weighted by Gasteiger charge is -2.17. The van der Waals surface area contributed by atoms with Crippen molar-refractivity contribution in [1.29, 1.82) is 0 Å². The van der Waals surface area contributed by atoms with E-state index in [9.17, 15) is 9.59 Å². The normalized spacial score (nSPS) is 18.0. The Bertz CT molecular complexity index is 572. The van der Waals surface area contributed by atoms with Crippen LogP contribution in [-0.2, 0) is 14.3 Å². The van der Waals surface area contributed by atoms with Gasteiger partial charge in [0.15, 0.2) is 6.10 Å². The van der Waals surface area contributed by atoms with Gasteiger partial charge in [-0.1, -0.05) is 30.4 Å². The van der Waals surface area contributed by atoms with Crippen LogP contribution in [0.5, 0.6) is 0 Å². The minimum atomic E-state index is -0.795. The second-order valence-corrected chi connectivity index (χ2v) is 5.86. The molecule has 0 saturated carbocycles. The fourth-order valence-electron chi connectivity index (χ4n) is 2.61. The van der Waals surface area contributed by atoms with Crippen molar-refractivity contribution in [2.45, 2.75) is 46.1 Å². The van der Waals surface area contributed by atoms with Gasteiger partial charge in [0.25, 0.3) is 5.91 Å². The molecule has 0 fully saturated rings. The fourth-order valence-corrected chi connectivity index (χ4v) is 2.61. The van der Waals surface area contributed by atoms with Gasteiger partial charge in [0.1, 0.15) is 0 Å². The molecular weight excluding hydrogens is 278 g/mol. The van der Waals surface area contributed by atoms with Crippen molar-refractivity contribution < 1.29 is 14.3 Å². The van der Waals surface area contributed by atoms with Crippen molar-refractivity contribution in [1.82, 2.24) is 0 Å². The van der Waals surface area contributed by atoms with Crippen molar-refractivity contribution in [3.8, 4) is 0 Å². The summed E-state index contributed by atoms with van der Waals surface area (Å²) in [7, 11) is 0. The highest BCUT2D eigenvalue weighted by Gasteiger charge is 2.21. The molecule has 118 valence electrons. The first-order valence-electron chi connectivity index (χ1n) is 7.70. The van der Waals surface area contributed by atoms with Gasteiger partial charge >= 0.3 is 5.97 Å². The standard InChI is InChI=1S/C18H23NO3/c1-12-7-6-8-13(2)17(12)19-18(21)14(3)22-16(20)11-15-9-4-5-10-15/h4,6-9,14-15H,5,10-11H2,1-3H3,(H,19,21)/t14-,15-/m0/s1. The molecule has 1 aromatic rings. The fraction of sp³-hybridized carbons (Fsp3) is 0.444. The van der Waals surface area contributed by atoms with Crippen LogP contribution in [0.1, 0.15) is 37.3 Å². The SMILES string of the molecule is Cc1cccc(C)c1NC(=O)[C@H](C)OC(=O)C[C@H]1C=CCC1. The van der Waals surface area contributed by atoms with E-state index in [1.807, 2.05) is 38.1 Å². The number of esters is 1. The molecule has 0 radical (unpaired) electrons. The molecule has 1 aromatic carbocycles. The van der Waals surface area contributed by atoms with Gasteiger partial charge in [0.05, 0.1) is 6.42 Å². The molecule has 22 heavy (non-hydrogen) atoms. The number of amides is 1. The summed E-state index contributed by atoms with van der Waals surface area (Å²) in [5.74, 6) is -0.366. The van der Waals surface area contributed by atoms with Gasteiger partial charge in [-0.25, -0.2) is 0 Å². The maximum Gasteiger partial charge on any atom is 0.307 e. The molecule has 0 heterocycles. The summed E-state index contributed by atoms with van der Waals surface area (Å²) in [5.41, 5.74) is 2.76. The van der Waals surface area contributed by atoms with Gasteiger partial charge in [-0.2, -0.15) is 0 Å². The second-order valence-electron chi connectivity index (χ2n) is 5.86. The van der Waals surface area contributed by atoms with Crippen LogP contribution < -0.4 is 5.32 Å². The number of para-hydroxylation sites is 1. The molecule has 2 rings (SSSR count). The quantitative estimate of drug-likeness (QED) is 0.668. The predicted molar refractivity (Wildman–Crippen MR) is 86.6 cm³/mol. The van der Waals surface area contributed by atoms with Crippen molar-refractivity contribution >= 4 is 17.6 Å². The van der Waals surface area contributed by atoms with E-state index < -0.39 is 6.10 Å². The van der Waals surface area contributed by atoms with Crippen LogP contribution in [0.25, 0.3) is 0 Å². The summed E-state index contributed by atoms with van der Waals surface area (Å²) in [4.78, 5) is 24.1. The Morgan fingerprint density at radius 3 is 2.59 bits per heavy atom. The monoisotopic (exact) mass is 301 g/mol. The number of carbonyl (C=O) groups is 2. The van der Waals surface area contributed by atoms with E-state index >= 15 is 0 Å². The second kappa shape index (κ2) is 7.25. The molecule has 0 unspecified atom stereocenters. The summed E-state index contributed by atoms with van der Waals surface area (Å²) < 4.78 is 5.24. The Hall–Kier alpha value is -2.10. The Kier molecular flexibility index (Phi) is 5.36. The van der Waals surface area contributed by atoms with E-state index in [0.717, 1.165) is 29.7 Å². The summed E-state index contributed by atoms with van der Waals surface area (Å²) in [6.45, 7) is 5.47. The Morgan fingerprint density at radius 1 is 1.32 bits per heavy atom. The van der Waals surface area contributed by atoms with Crippen molar-refractivity contribution in [3.63, 3.8) is 0 Å². The molecule has 0 bridgehead atoms. The molecule has 1 N–H and O–H groups in total. The number of anilines is 1. The lowest BCUT2D eigenvalue weighted by atomic mass is 10.1. The van der Waals surface area contributed by atoms with E-state index in [1.165, 1.54) is 0 Å². The lowest BCUT2D eigenvalue weighted by molar-refractivity contribution is -0.153. The zero-order valence-corrected chi connectivity index (χ0v) is 13.4. The molecule has 4 heteroatoms. The third-order valence-electron chi connectivity index (χ3n) is 3.95.